The van der Waals surface area contributed by atoms with Gasteiger partial charge in [-0.05, 0) is 61.5 Å². The standard InChI is InChI=1S/C24H32O9S4/c1-30-24(31-2,20-9-13-22(14-10-20)35-16-5-6-18-37(27,28)29)23(25)19-7-11-21(12-8-19)34-15-3-4-17-36-33-32-26/h7-14,26H,3-6,15-18H2,1-2H3,(H,27,28,29). The Hall–Kier alpha value is -1.13. The highest BCUT2D eigenvalue weighted by molar-refractivity contribution is 7.99. The zero-order chi connectivity index (χ0) is 27.2. The number of thioether (sulfide) groups is 2. The first kappa shape index (κ1) is 32.1. The number of hydrogen-bond donors (Lipinski definition) is 2. The topological polar surface area (TPSA) is 129 Å². The molecule has 0 amide bonds. The first-order valence-electron chi connectivity index (χ1n) is 11.4. The van der Waals surface area contributed by atoms with E-state index in [0.29, 0.717) is 35.5 Å². The first-order valence-corrected chi connectivity index (χ1v) is 15.9. The second kappa shape index (κ2) is 16.7. The van der Waals surface area contributed by atoms with Crippen molar-refractivity contribution in [3.63, 3.8) is 0 Å². The van der Waals surface area contributed by atoms with E-state index in [0.717, 1.165) is 40.4 Å². The molecule has 2 rings (SSSR count). The molecular weight excluding hydrogens is 561 g/mol. The monoisotopic (exact) mass is 592 g/mol. The van der Waals surface area contributed by atoms with Gasteiger partial charge in [-0.1, -0.05) is 29.3 Å². The van der Waals surface area contributed by atoms with Gasteiger partial charge in [0.15, 0.2) is 0 Å². The van der Waals surface area contributed by atoms with Crippen molar-refractivity contribution in [2.75, 3.05) is 37.2 Å². The van der Waals surface area contributed by atoms with Crippen LogP contribution in [0.2, 0.25) is 0 Å². The van der Waals surface area contributed by atoms with Crippen molar-refractivity contribution < 1.29 is 41.9 Å². The molecule has 0 radical (unpaired) electrons. The third-order valence-corrected chi connectivity index (χ3v) is 8.87. The van der Waals surface area contributed by atoms with Gasteiger partial charge in [0.1, 0.15) is 0 Å². The van der Waals surface area contributed by atoms with E-state index in [2.05, 4.69) is 9.37 Å². The lowest BCUT2D eigenvalue weighted by molar-refractivity contribution is -0.432. The van der Waals surface area contributed by atoms with Gasteiger partial charge in [0.25, 0.3) is 15.9 Å². The van der Waals surface area contributed by atoms with Gasteiger partial charge in [0.05, 0.1) is 5.75 Å². The van der Waals surface area contributed by atoms with Crippen molar-refractivity contribution >= 4 is 51.5 Å². The van der Waals surface area contributed by atoms with Crippen LogP contribution in [0.15, 0.2) is 58.3 Å². The van der Waals surface area contributed by atoms with Crippen LogP contribution >= 0.6 is 35.6 Å². The number of rotatable bonds is 19. The van der Waals surface area contributed by atoms with Crippen molar-refractivity contribution in [1.29, 1.82) is 0 Å². The van der Waals surface area contributed by atoms with Crippen LogP contribution in [0.25, 0.3) is 0 Å². The van der Waals surface area contributed by atoms with Crippen molar-refractivity contribution in [2.24, 2.45) is 0 Å². The summed E-state index contributed by atoms with van der Waals surface area (Å²) >= 11 is 4.29. The molecular formula is C24H32O9S4. The summed E-state index contributed by atoms with van der Waals surface area (Å²) < 4.78 is 46.0. The Labute approximate surface area is 230 Å². The van der Waals surface area contributed by atoms with Crippen LogP contribution in [0.4, 0.5) is 0 Å². The number of benzene rings is 2. The highest BCUT2D eigenvalue weighted by Crippen LogP contribution is 2.33. The molecule has 9 nitrogen and oxygen atoms in total. The number of carbonyl (C=O) groups excluding carboxylic acids is 1. The number of hydrogen-bond acceptors (Lipinski definition) is 11. The molecule has 13 heteroatoms. The minimum Gasteiger partial charge on any atom is -0.343 e. The molecule has 0 saturated heterocycles. The highest BCUT2D eigenvalue weighted by Gasteiger charge is 2.41. The molecule has 0 heterocycles. The molecule has 2 aromatic carbocycles. The maximum atomic E-state index is 13.5. The Balaban J connectivity index is 1.95. The molecule has 0 fully saturated rings. The summed E-state index contributed by atoms with van der Waals surface area (Å²) in [6.07, 6.45) is 2.91. The van der Waals surface area contributed by atoms with Gasteiger partial charge >= 0.3 is 0 Å². The highest BCUT2D eigenvalue weighted by atomic mass is 32.2. The van der Waals surface area contributed by atoms with Crippen molar-refractivity contribution in [3.05, 3.63) is 59.7 Å². The Kier molecular flexibility index (Phi) is 14.5. The number of ether oxygens (including phenoxy) is 2. The lowest BCUT2D eigenvalue weighted by Gasteiger charge is -2.30. The van der Waals surface area contributed by atoms with Gasteiger partial charge < -0.3 is 9.47 Å². The molecule has 0 spiro atoms. The lowest BCUT2D eigenvalue weighted by Crippen LogP contribution is -2.40. The fraction of sp³-hybridized carbons (Fsp3) is 0.458. The second-order valence-electron chi connectivity index (χ2n) is 7.76. The average molecular weight is 593 g/mol. The van der Waals surface area contributed by atoms with Gasteiger partial charge in [-0.25, -0.2) is 5.26 Å². The minimum absolute atomic E-state index is 0.240. The molecule has 0 unspecified atom stereocenters. The molecule has 0 atom stereocenters. The fourth-order valence-electron chi connectivity index (χ4n) is 3.38. The normalized spacial score (nSPS) is 12.1. The number of carbonyl (C=O) groups is 1. The van der Waals surface area contributed by atoms with E-state index >= 15 is 0 Å². The van der Waals surface area contributed by atoms with Crippen LogP contribution in [0.1, 0.15) is 41.6 Å². The number of Topliss-reactive ketones (excluding diaryl/α,β-unsaturated/α-hetero) is 1. The molecule has 2 aromatic rings. The van der Waals surface area contributed by atoms with E-state index in [4.69, 9.17) is 19.3 Å². The smallest absolute Gasteiger partial charge is 0.264 e. The molecule has 206 valence electrons. The minimum atomic E-state index is -3.92. The second-order valence-corrected chi connectivity index (χ2v) is 12.5. The average Bonchev–Trinajstić information content (AvgIpc) is 2.89. The van der Waals surface area contributed by atoms with E-state index in [-0.39, 0.29) is 11.5 Å². The van der Waals surface area contributed by atoms with Crippen LogP contribution in [-0.2, 0) is 34.8 Å². The zero-order valence-corrected chi connectivity index (χ0v) is 23.9. The summed E-state index contributed by atoms with van der Waals surface area (Å²) in [6, 6.07) is 14.6. The van der Waals surface area contributed by atoms with E-state index in [1.165, 1.54) is 14.2 Å². The molecule has 0 aliphatic carbocycles. The summed E-state index contributed by atoms with van der Waals surface area (Å²) in [7, 11) is -1.06. The van der Waals surface area contributed by atoms with E-state index in [1.54, 1.807) is 47.8 Å². The zero-order valence-electron chi connectivity index (χ0n) is 20.7. The Morgan fingerprint density at radius 1 is 0.838 bits per heavy atom. The van der Waals surface area contributed by atoms with Crippen molar-refractivity contribution in [3.8, 4) is 0 Å². The van der Waals surface area contributed by atoms with E-state index in [9.17, 15) is 13.2 Å². The molecule has 0 saturated carbocycles. The van der Waals surface area contributed by atoms with Crippen LogP contribution in [0.3, 0.4) is 0 Å². The summed E-state index contributed by atoms with van der Waals surface area (Å²) in [5.74, 6) is 0.161. The van der Waals surface area contributed by atoms with Crippen molar-refractivity contribution in [1.82, 2.24) is 0 Å². The van der Waals surface area contributed by atoms with E-state index < -0.39 is 15.9 Å². The SMILES string of the molecule is COC(OC)(C(=O)c1ccc(SCCCCSOOO)cc1)c1ccc(SCCCCS(=O)(=O)O)cc1. The molecule has 0 aromatic heterocycles. The Morgan fingerprint density at radius 3 is 1.86 bits per heavy atom. The summed E-state index contributed by atoms with van der Waals surface area (Å²) in [5, 5.41) is 11.6. The summed E-state index contributed by atoms with van der Waals surface area (Å²) in [5.41, 5.74) is 1.02. The van der Waals surface area contributed by atoms with Gasteiger partial charge in [0, 0.05) is 52.9 Å². The Morgan fingerprint density at radius 2 is 1.35 bits per heavy atom. The fourth-order valence-corrected chi connectivity index (χ4v) is 6.21. The van der Waals surface area contributed by atoms with Crippen LogP contribution in [0.5, 0.6) is 0 Å². The largest absolute Gasteiger partial charge is 0.343 e. The molecule has 0 bridgehead atoms. The van der Waals surface area contributed by atoms with Gasteiger partial charge in [-0.2, -0.15) is 8.42 Å². The molecule has 37 heavy (non-hydrogen) atoms. The van der Waals surface area contributed by atoms with Gasteiger partial charge in [-0.3, -0.25) is 9.35 Å². The third-order valence-electron chi connectivity index (χ3n) is 5.26. The number of methoxy groups -OCH3 is 2. The quantitative estimate of drug-likeness (QED) is 0.0303. The predicted octanol–water partition coefficient (Wildman–Crippen LogP) is 5.72. The third kappa shape index (κ3) is 10.9. The number of unbranched alkanes of at least 4 members (excludes halogenated alkanes) is 2. The van der Waals surface area contributed by atoms with Crippen molar-refractivity contribution in [2.45, 2.75) is 41.3 Å². The molecule has 0 aliphatic heterocycles. The van der Waals surface area contributed by atoms with Crippen LogP contribution < -0.4 is 0 Å². The molecule has 2 N–H and O–H groups in total. The summed E-state index contributed by atoms with van der Waals surface area (Å²) in [4.78, 5) is 15.5. The number of ketones is 1. The lowest BCUT2D eigenvalue weighted by atomic mass is 9.96. The Bertz CT molecular complexity index is 1040. The van der Waals surface area contributed by atoms with Crippen LogP contribution in [0, 0.1) is 0 Å². The van der Waals surface area contributed by atoms with E-state index in [1.807, 2.05) is 24.3 Å². The van der Waals surface area contributed by atoms with Gasteiger partial charge in [0.2, 0.25) is 5.78 Å². The molecule has 0 aliphatic rings. The predicted molar refractivity (Wildman–Crippen MR) is 146 cm³/mol. The summed E-state index contributed by atoms with van der Waals surface area (Å²) in [6.45, 7) is 0. The van der Waals surface area contributed by atoms with Gasteiger partial charge in [-0.15, -0.1) is 27.9 Å². The maximum absolute atomic E-state index is 13.5. The maximum Gasteiger partial charge on any atom is 0.264 e. The van der Waals surface area contributed by atoms with Crippen LogP contribution in [-0.4, -0.2) is 61.2 Å². The first-order chi connectivity index (χ1) is 17.8.